The molecule has 0 radical (unpaired) electrons. The van der Waals surface area contributed by atoms with Gasteiger partial charge in [-0.1, -0.05) is 0 Å². The van der Waals surface area contributed by atoms with Gasteiger partial charge in [0, 0.05) is 5.69 Å². The van der Waals surface area contributed by atoms with Gasteiger partial charge in [0.2, 0.25) is 5.91 Å². The molecule has 5 nitrogen and oxygen atoms in total. The second kappa shape index (κ2) is 5.43. The lowest BCUT2D eigenvalue weighted by Gasteiger charge is -2.07. The predicted octanol–water partition coefficient (Wildman–Crippen LogP) is 1.23. The van der Waals surface area contributed by atoms with Crippen LogP contribution in [0.5, 0.6) is 0 Å². The molecule has 1 atom stereocenters. The Morgan fingerprint density at radius 1 is 1.24 bits per heavy atom. The molecule has 1 N–H and O–H groups in total. The molecule has 1 unspecified atom stereocenters. The third kappa shape index (κ3) is 3.15. The molecule has 1 rings (SSSR count). The molecule has 0 spiro atoms. The minimum Gasteiger partial charge on any atom is -0.325 e. The molecule has 1 amide bonds. The fourth-order valence-corrected chi connectivity index (χ4v) is 1.18. The number of rotatable bonds is 3. The van der Waals surface area contributed by atoms with Gasteiger partial charge in [-0.05, 0) is 31.2 Å². The number of ketones is 1. The van der Waals surface area contributed by atoms with Gasteiger partial charge in [-0.25, -0.2) is 0 Å². The first-order valence-electron chi connectivity index (χ1n) is 4.79. The van der Waals surface area contributed by atoms with Crippen LogP contribution >= 0.6 is 0 Å². The molecule has 84 valence electrons. The maximum atomic E-state index is 11.5. The van der Waals surface area contributed by atoms with Crippen molar-refractivity contribution in [1.29, 1.82) is 10.5 Å². The number of Topliss-reactive ketones (excluding diaryl/α,β-unsaturated/α-hetero) is 1. The average molecular weight is 227 g/mol. The van der Waals surface area contributed by atoms with Crippen molar-refractivity contribution in [2.75, 3.05) is 5.32 Å². The number of carbonyl (C=O) groups is 2. The number of hydrogen-bond acceptors (Lipinski definition) is 4. The number of hydrogen-bond donors (Lipinski definition) is 1. The quantitative estimate of drug-likeness (QED) is 0.785. The largest absolute Gasteiger partial charge is 0.325 e. The highest BCUT2D eigenvalue weighted by molar-refractivity contribution is 6.08. The van der Waals surface area contributed by atoms with Crippen molar-refractivity contribution in [2.24, 2.45) is 5.92 Å². The number of nitrogens with one attached hydrogen (secondary N) is 1. The van der Waals surface area contributed by atoms with Crippen LogP contribution < -0.4 is 5.32 Å². The summed E-state index contributed by atoms with van der Waals surface area (Å²) < 4.78 is 0. The Balaban J connectivity index is 2.78. The summed E-state index contributed by atoms with van der Waals surface area (Å²) in [7, 11) is 0. The number of nitriles is 2. The van der Waals surface area contributed by atoms with Gasteiger partial charge in [-0.15, -0.1) is 0 Å². The summed E-state index contributed by atoms with van der Waals surface area (Å²) in [5, 5.41) is 19.7. The van der Waals surface area contributed by atoms with Crippen LogP contribution in [0.4, 0.5) is 5.69 Å². The lowest BCUT2D eigenvalue weighted by atomic mass is 10.1. The number of anilines is 1. The Labute approximate surface area is 98.3 Å². The molecule has 0 bridgehead atoms. The lowest BCUT2D eigenvalue weighted by molar-refractivity contribution is -0.127. The van der Waals surface area contributed by atoms with Gasteiger partial charge in [0.15, 0.2) is 11.7 Å². The molecule has 5 heteroatoms. The summed E-state index contributed by atoms with van der Waals surface area (Å²) in [5.41, 5.74) is 0.905. The molecule has 0 aliphatic rings. The van der Waals surface area contributed by atoms with E-state index in [-0.39, 0.29) is 0 Å². The van der Waals surface area contributed by atoms with E-state index in [2.05, 4.69) is 5.32 Å². The summed E-state index contributed by atoms with van der Waals surface area (Å²) in [6, 6.07) is 9.70. The molecule has 0 aliphatic carbocycles. The van der Waals surface area contributed by atoms with Crippen molar-refractivity contribution in [3.63, 3.8) is 0 Å². The minimum absolute atomic E-state index is 0.440. The van der Waals surface area contributed by atoms with Crippen molar-refractivity contribution in [3.05, 3.63) is 29.8 Å². The predicted molar refractivity (Wildman–Crippen MR) is 59.6 cm³/mol. The second-order valence-corrected chi connectivity index (χ2v) is 3.35. The number of nitrogens with zero attached hydrogens (tertiary/aromatic N) is 2. The third-order valence-electron chi connectivity index (χ3n) is 2.08. The first kappa shape index (κ1) is 12.4. The molecule has 1 aromatic rings. The number of amides is 1. The molecule has 1 aromatic carbocycles. The van der Waals surface area contributed by atoms with E-state index in [1.165, 1.54) is 31.2 Å². The zero-order valence-corrected chi connectivity index (χ0v) is 9.10. The van der Waals surface area contributed by atoms with Crippen LogP contribution in [0.1, 0.15) is 12.5 Å². The van der Waals surface area contributed by atoms with Crippen LogP contribution in [0.25, 0.3) is 0 Å². The Morgan fingerprint density at radius 2 is 1.82 bits per heavy atom. The van der Waals surface area contributed by atoms with Gasteiger partial charge in [0.1, 0.15) is 0 Å². The molecule has 0 saturated carbocycles. The fraction of sp³-hybridized carbons (Fsp3) is 0.167. The van der Waals surface area contributed by atoms with Crippen LogP contribution in [0.2, 0.25) is 0 Å². The molecule has 17 heavy (non-hydrogen) atoms. The van der Waals surface area contributed by atoms with Crippen molar-refractivity contribution in [2.45, 2.75) is 6.92 Å². The van der Waals surface area contributed by atoms with E-state index in [1.807, 2.05) is 6.07 Å². The standard InChI is InChI=1S/C12H9N3O2/c1-8(16)11(7-14)12(17)15-10-4-2-9(6-13)3-5-10/h2-5,11H,1H3,(H,15,17). The zero-order valence-electron chi connectivity index (χ0n) is 9.10. The van der Waals surface area contributed by atoms with E-state index in [0.29, 0.717) is 11.3 Å². The van der Waals surface area contributed by atoms with Gasteiger partial charge in [0.05, 0.1) is 17.7 Å². The van der Waals surface area contributed by atoms with E-state index in [0.717, 1.165) is 0 Å². The Kier molecular flexibility index (Phi) is 3.96. The van der Waals surface area contributed by atoms with Crippen molar-refractivity contribution in [1.82, 2.24) is 0 Å². The third-order valence-corrected chi connectivity index (χ3v) is 2.08. The highest BCUT2D eigenvalue weighted by atomic mass is 16.2. The second-order valence-electron chi connectivity index (χ2n) is 3.35. The molecular weight excluding hydrogens is 218 g/mol. The Hall–Kier alpha value is -2.66. The number of benzene rings is 1. The highest BCUT2D eigenvalue weighted by Gasteiger charge is 2.22. The summed E-state index contributed by atoms with van der Waals surface area (Å²) in [6.45, 7) is 1.19. The minimum atomic E-state index is -1.30. The lowest BCUT2D eigenvalue weighted by Crippen LogP contribution is -2.26. The van der Waals surface area contributed by atoms with Gasteiger partial charge in [-0.2, -0.15) is 10.5 Å². The summed E-state index contributed by atoms with van der Waals surface area (Å²) >= 11 is 0. The topological polar surface area (TPSA) is 93.8 Å². The van der Waals surface area contributed by atoms with E-state index in [1.54, 1.807) is 6.07 Å². The monoisotopic (exact) mass is 227 g/mol. The molecule has 0 heterocycles. The zero-order chi connectivity index (χ0) is 12.8. The maximum Gasteiger partial charge on any atom is 0.249 e. The summed E-state index contributed by atoms with van der Waals surface area (Å²) in [4.78, 5) is 22.5. The van der Waals surface area contributed by atoms with Crippen molar-refractivity contribution < 1.29 is 9.59 Å². The van der Waals surface area contributed by atoms with Crippen molar-refractivity contribution >= 4 is 17.4 Å². The summed E-state index contributed by atoms with van der Waals surface area (Å²) in [5.74, 6) is -2.46. The van der Waals surface area contributed by atoms with Gasteiger partial charge in [0.25, 0.3) is 0 Å². The van der Waals surface area contributed by atoms with Crippen LogP contribution in [0, 0.1) is 28.6 Å². The fourth-order valence-electron chi connectivity index (χ4n) is 1.18. The SMILES string of the molecule is CC(=O)C(C#N)C(=O)Nc1ccc(C#N)cc1. The van der Waals surface area contributed by atoms with E-state index in [9.17, 15) is 9.59 Å². The average Bonchev–Trinajstić information content (AvgIpc) is 2.30. The first-order valence-corrected chi connectivity index (χ1v) is 4.79. The molecular formula is C12H9N3O2. The van der Waals surface area contributed by atoms with Gasteiger partial charge >= 0.3 is 0 Å². The number of carbonyl (C=O) groups excluding carboxylic acids is 2. The molecule has 0 saturated heterocycles. The smallest absolute Gasteiger partial charge is 0.249 e. The molecule has 0 fully saturated rings. The Morgan fingerprint density at radius 3 is 2.24 bits per heavy atom. The Bertz CT molecular complexity index is 520. The van der Waals surface area contributed by atoms with Crippen molar-refractivity contribution in [3.8, 4) is 12.1 Å². The van der Waals surface area contributed by atoms with E-state index >= 15 is 0 Å². The van der Waals surface area contributed by atoms with Gasteiger partial charge in [-0.3, -0.25) is 9.59 Å². The van der Waals surface area contributed by atoms with Crippen LogP contribution in [-0.2, 0) is 9.59 Å². The maximum absolute atomic E-state index is 11.5. The van der Waals surface area contributed by atoms with E-state index < -0.39 is 17.6 Å². The summed E-state index contributed by atoms with van der Waals surface area (Å²) in [6.07, 6.45) is 0. The van der Waals surface area contributed by atoms with Crippen LogP contribution in [-0.4, -0.2) is 11.7 Å². The van der Waals surface area contributed by atoms with Crippen LogP contribution in [0.3, 0.4) is 0 Å². The molecule has 0 aromatic heterocycles. The highest BCUT2D eigenvalue weighted by Crippen LogP contribution is 2.10. The van der Waals surface area contributed by atoms with E-state index in [4.69, 9.17) is 10.5 Å². The van der Waals surface area contributed by atoms with Gasteiger partial charge < -0.3 is 5.32 Å². The molecule has 0 aliphatic heterocycles. The van der Waals surface area contributed by atoms with Crippen LogP contribution in [0.15, 0.2) is 24.3 Å². The normalized spacial score (nSPS) is 10.8. The first-order chi connectivity index (χ1) is 8.08.